The average Bonchev–Trinajstić information content (AvgIpc) is 3.39. The van der Waals surface area contributed by atoms with E-state index in [2.05, 4.69) is 0 Å². The highest BCUT2D eigenvalue weighted by Gasteiger charge is 2.36. The predicted octanol–water partition coefficient (Wildman–Crippen LogP) is 3.56. The molecule has 2 amide bonds. The molecule has 154 valence electrons. The van der Waals surface area contributed by atoms with E-state index < -0.39 is 5.92 Å². The fourth-order valence-corrected chi connectivity index (χ4v) is 3.80. The third-order valence-corrected chi connectivity index (χ3v) is 5.37. The zero-order valence-electron chi connectivity index (χ0n) is 16.6. The Kier molecular flexibility index (Phi) is 5.84. The summed E-state index contributed by atoms with van der Waals surface area (Å²) in [7, 11) is 0. The summed E-state index contributed by atoms with van der Waals surface area (Å²) < 4.78 is 5.43. The van der Waals surface area contributed by atoms with E-state index in [-0.39, 0.29) is 37.1 Å². The molecule has 1 fully saturated rings. The normalized spacial score (nSPS) is 16.1. The highest BCUT2D eigenvalue weighted by molar-refractivity contribution is 5.89. The SMILES string of the molecule is O=C1CC(C(=O)N(Cc2ccco2)Cc2ccccc2O)CN1Cc1ccccc1. The van der Waals surface area contributed by atoms with Crippen molar-refractivity contribution in [1.29, 1.82) is 0 Å². The minimum Gasteiger partial charge on any atom is -0.508 e. The lowest BCUT2D eigenvalue weighted by Gasteiger charge is -2.25. The lowest BCUT2D eigenvalue weighted by molar-refractivity contribution is -0.137. The Morgan fingerprint density at radius 2 is 1.80 bits per heavy atom. The van der Waals surface area contributed by atoms with E-state index in [0.717, 1.165) is 5.56 Å². The fraction of sp³-hybridized carbons (Fsp3) is 0.250. The van der Waals surface area contributed by atoms with Crippen LogP contribution in [0.1, 0.15) is 23.3 Å². The van der Waals surface area contributed by atoms with Crippen molar-refractivity contribution in [2.24, 2.45) is 5.92 Å². The van der Waals surface area contributed by atoms with E-state index in [9.17, 15) is 14.7 Å². The van der Waals surface area contributed by atoms with Crippen molar-refractivity contribution in [3.05, 3.63) is 89.9 Å². The molecule has 6 nitrogen and oxygen atoms in total. The standard InChI is InChI=1S/C24H24N2O4/c27-22-11-5-4-9-19(22)15-26(17-21-10-6-12-30-21)24(29)20-13-23(28)25(16-20)14-18-7-2-1-3-8-18/h1-12,20,27H,13-17H2. The largest absolute Gasteiger partial charge is 0.508 e. The van der Waals surface area contributed by atoms with E-state index in [0.29, 0.717) is 24.4 Å². The average molecular weight is 404 g/mol. The lowest BCUT2D eigenvalue weighted by Crippen LogP contribution is -2.36. The molecule has 2 heterocycles. The van der Waals surface area contributed by atoms with Gasteiger partial charge in [-0.05, 0) is 23.8 Å². The van der Waals surface area contributed by atoms with Crippen LogP contribution in [0.3, 0.4) is 0 Å². The number of para-hydroxylation sites is 1. The van der Waals surface area contributed by atoms with Crippen molar-refractivity contribution in [2.75, 3.05) is 6.54 Å². The Balaban J connectivity index is 1.49. The molecule has 1 saturated heterocycles. The van der Waals surface area contributed by atoms with Gasteiger partial charge in [0.25, 0.3) is 0 Å². The number of amides is 2. The molecule has 2 aromatic carbocycles. The first kappa shape index (κ1) is 19.8. The van der Waals surface area contributed by atoms with E-state index in [1.165, 1.54) is 0 Å². The van der Waals surface area contributed by atoms with Gasteiger partial charge in [0, 0.05) is 31.6 Å². The molecule has 1 aromatic heterocycles. The number of likely N-dealkylation sites (tertiary alicyclic amines) is 1. The van der Waals surface area contributed by atoms with Crippen molar-refractivity contribution < 1.29 is 19.1 Å². The van der Waals surface area contributed by atoms with Crippen LogP contribution in [0.4, 0.5) is 0 Å². The monoisotopic (exact) mass is 404 g/mol. The van der Waals surface area contributed by atoms with Gasteiger partial charge in [0.15, 0.2) is 0 Å². The van der Waals surface area contributed by atoms with Gasteiger partial charge in [0.05, 0.1) is 18.7 Å². The number of hydrogen-bond acceptors (Lipinski definition) is 4. The molecule has 6 heteroatoms. The maximum atomic E-state index is 13.4. The van der Waals surface area contributed by atoms with Gasteiger partial charge >= 0.3 is 0 Å². The highest BCUT2D eigenvalue weighted by Crippen LogP contribution is 2.26. The Bertz CT molecular complexity index is 1000. The van der Waals surface area contributed by atoms with Gasteiger partial charge in [-0.1, -0.05) is 48.5 Å². The first-order valence-corrected chi connectivity index (χ1v) is 10.00. The van der Waals surface area contributed by atoms with Gasteiger partial charge in [0.2, 0.25) is 11.8 Å². The van der Waals surface area contributed by atoms with Gasteiger partial charge in [0.1, 0.15) is 11.5 Å². The number of carbonyl (C=O) groups is 2. The molecule has 0 saturated carbocycles. The van der Waals surface area contributed by atoms with E-state index in [1.54, 1.807) is 40.3 Å². The summed E-state index contributed by atoms with van der Waals surface area (Å²) in [6.45, 7) is 1.42. The van der Waals surface area contributed by atoms with Crippen molar-refractivity contribution >= 4 is 11.8 Å². The van der Waals surface area contributed by atoms with Crippen LogP contribution in [0.2, 0.25) is 0 Å². The van der Waals surface area contributed by atoms with E-state index >= 15 is 0 Å². The second-order valence-electron chi connectivity index (χ2n) is 7.56. The maximum Gasteiger partial charge on any atom is 0.228 e. The Hall–Kier alpha value is -3.54. The minimum atomic E-state index is -0.415. The smallest absolute Gasteiger partial charge is 0.228 e. The van der Waals surface area contributed by atoms with Crippen molar-refractivity contribution in [3.63, 3.8) is 0 Å². The van der Waals surface area contributed by atoms with Crippen LogP contribution in [0, 0.1) is 5.92 Å². The molecule has 30 heavy (non-hydrogen) atoms. The summed E-state index contributed by atoms with van der Waals surface area (Å²) in [6.07, 6.45) is 1.76. The van der Waals surface area contributed by atoms with E-state index in [1.807, 2.05) is 42.5 Å². The molecular formula is C24H24N2O4. The molecule has 0 bridgehead atoms. The summed E-state index contributed by atoms with van der Waals surface area (Å²) >= 11 is 0. The van der Waals surface area contributed by atoms with Crippen LogP contribution in [0.15, 0.2) is 77.4 Å². The molecule has 0 spiro atoms. The maximum absolute atomic E-state index is 13.4. The van der Waals surface area contributed by atoms with Gasteiger partial charge in [-0.2, -0.15) is 0 Å². The molecule has 1 aliphatic rings. The van der Waals surface area contributed by atoms with Gasteiger partial charge in [-0.15, -0.1) is 0 Å². The number of carbonyl (C=O) groups excluding carboxylic acids is 2. The van der Waals surface area contributed by atoms with Gasteiger partial charge in [-0.25, -0.2) is 0 Å². The Labute approximate surface area is 175 Å². The fourth-order valence-electron chi connectivity index (χ4n) is 3.80. The van der Waals surface area contributed by atoms with Gasteiger partial charge < -0.3 is 19.3 Å². The van der Waals surface area contributed by atoms with Gasteiger partial charge in [-0.3, -0.25) is 9.59 Å². The number of phenols is 1. The first-order chi connectivity index (χ1) is 14.6. The summed E-state index contributed by atoms with van der Waals surface area (Å²) in [5, 5.41) is 10.2. The van der Waals surface area contributed by atoms with Crippen LogP contribution in [0.25, 0.3) is 0 Å². The number of nitrogens with zero attached hydrogens (tertiary/aromatic N) is 2. The van der Waals surface area contributed by atoms with Crippen LogP contribution in [0.5, 0.6) is 5.75 Å². The second-order valence-corrected chi connectivity index (χ2v) is 7.56. The third-order valence-electron chi connectivity index (χ3n) is 5.37. The quantitative estimate of drug-likeness (QED) is 0.653. The molecule has 1 N–H and O–H groups in total. The molecular weight excluding hydrogens is 380 g/mol. The first-order valence-electron chi connectivity index (χ1n) is 10.00. The molecule has 3 aromatic rings. The summed E-state index contributed by atoms with van der Waals surface area (Å²) in [6, 6.07) is 20.3. The minimum absolute atomic E-state index is 0.0160. The predicted molar refractivity (Wildman–Crippen MR) is 111 cm³/mol. The molecule has 1 unspecified atom stereocenters. The topological polar surface area (TPSA) is 74.0 Å². The van der Waals surface area contributed by atoms with Crippen LogP contribution in [-0.2, 0) is 29.2 Å². The molecule has 1 atom stereocenters. The molecule has 4 rings (SSSR count). The number of benzene rings is 2. The summed E-state index contributed by atoms with van der Waals surface area (Å²) in [4.78, 5) is 29.3. The van der Waals surface area contributed by atoms with Crippen LogP contribution < -0.4 is 0 Å². The number of rotatable bonds is 7. The molecule has 0 radical (unpaired) electrons. The number of furan rings is 1. The number of hydrogen-bond donors (Lipinski definition) is 1. The van der Waals surface area contributed by atoms with Crippen molar-refractivity contribution in [2.45, 2.75) is 26.1 Å². The molecule has 1 aliphatic heterocycles. The number of phenolic OH excluding ortho intramolecular Hbond substituents is 1. The Morgan fingerprint density at radius 3 is 2.53 bits per heavy atom. The van der Waals surface area contributed by atoms with Crippen LogP contribution in [-0.4, -0.2) is 33.3 Å². The summed E-state index contributed by atoms with van der Waals surface area (Å²) in [5.74, 6) is 0.255. The third kappa shape index (κ3) is 4.54. The van der Waals surface area contributed by atoms with Crippen molar-refractivity contribution in [1.82, 2.24) is 9.80 Å². The highest BCUT2D eigenvalue weighted by atomic mass is 16.3. The lowest BCUT2D eigenvalue weighted by atomic mass is 10.1. The van der Waals surface area contributed by atoms with Crippen LogP contribution >= 0.6 is 0 Å². The number of aromatic hydroxyl groups is 1. The van der Waals surface area contributed by atoms with Crippen molar-refractivity contribution in [3.8, 4) is 5.75 Å². The zero-order valence-corrected chi connectivity index (χ0v) is 16.6. The Morgan fingerprint density at radius 1 is 1.03 bits per heavy atom. The zero-order chi connectivity index (χ0) is 20.9. The summed E-state index contributed by atoms with van der Waals surface area (Å²) in [5.41, 5.74) is 1.70. The second kappa shape index (κ2) is 8.86. The molecule has 0 aliphatic carbocycles. The van der Waals surface area contributed by atoms with E-state index in [4.69, 9.17) is 4.42 Å².